The van der Waals surface area contributed by atoms with Crippen molar-refractivity contribution in [1.29, 1.82) is 0 Å². The van der Waals surface area contributed by atoms with Gasteiger partial charge >= 0.3 is 0 Å². The van der Waals surface area contributed by atoms with Crippen LogP contribution < -0.4 is 10.0 Å². The summed E-state index contributed by atoms with van der Waals surface area (Å²) in [6.07, 6.45) is 7.34. The van der Waals surface area contributed by atoms with E-state index in [9.17, 15) is 13.2 Å². The summed E-state index contributed by atoms with van der Waals surface area (Å²) in [5.41, 5.74) is 0.322. The Kier molecular flexibility index (Phi) is 4.03. The van der Waals surface area contributed by atoms with E-state index >= 15 is 0 Å². The molecular formula is C15H22N2O4S. The smallest absolute Gasteiger partial charge is 0.287 e. The minimum atomic E-state index is -3.27. The van der Waals surface area contributed by atoms with Gasteiger partial charge in [-0.15, -0.1) is 0 Å². The van der Waals surface area contributed by atoms with Gasteiger partial charge in [-0.2, -0.15) is 0 Å². The molecule has 0 aliphatic heterocycles. The first kappa shape index (κ1) is 15.6. The van der Waals surface area contributed by atoms with Gasteiger partial charge in [-0.1, -0.05) is 6.42 Å². The number of rotatable bonds is 7. The number of carbonyl (C=O) groups is 1. The number of hydrogen-bond acceptors (Lipinski definition) is 4. The van der Waals surface area contributed by atoms with E-state index in [1.807, 2.05) is 0 Å². The molecule has 0 unspecified atom stereocenters. The Bertz CT molecular complexity index is 657. The van der Waals surface area contributed by atoms with Gasteiger partial charge in [0.2, 0.25) is 10.0 Å². The molecule has 0 bridgehead atoms. The standard InChI is InChI=1S/C15H22N2O4S/c1-22(19,20)17-9-12-5-6-13(21-12)14(18)16-10-15(7-2-8-15)11-3-4-11/h5-6,11,17H,2-4,7-10H2,1H3,(H,16,18). The number of hydrogen-bond donors (Lipinski definition) is 2. The molecule has 0 saturated heterocycles. The molecule has 1 amide bonds. The van der Waals surface area contributed by atoms with Crippen molar-refractivity contribution < 1.29 is 17.6 Å². The Morgan fingerprint density at radius 3 is 2.64 bits per heavy atom. The van der Waals surface area contributed by atoms with Gasteiger partial charge in [-0.05, 0) is 49.1 Å². The first-order chi connectivity index (χ1) is 10.4. The monoisotopic (exact) mass is 326 g/mol. The zero-order valence-electron chi connectivity index (χ0n) is 12.7. The molecule has 1 heterocycles. The highest BCUT2D eigenvalue weighted by Crippen LogP contribution is 2.56. The summed E-state index contributed by atoms with van der Waals surface area (Å²) in [4.78, 5) is 12.1. The molecule has 6 nitrogen and oxygen atoms in total. The molecule has 0 radical (unpaired) electrons. The van der Waals surface area contributed by atoms with Gasteiger partial charge < -0.3 is 9.73 Å². The number of nitrogens with one attached hydrogen (secondary N) is 2. The van der Waals surface area contributed by atoms with Crippen LogP contribution in [0.3, 0.4) is 0 Å². The fraction of sp³-hybridized carbons (Fsp3) is 0.667. The summed E-state index contributed by atoms with van der Waals surface area (Å²) in [6, 6.07) is 3.20. The minimum Gasteiger partial charge on any atom is -0.455 e. The fourth-order valence-corrected chi connectivity index (χ4v) is 3.60. The van der Waals surface area contributed by atoms with Crippen molar-refractivity contribution in [2.75, 3.05) is 12.8 Å². The summed E-state index contributed by atoms with van der Waals surface area (Å²) < 4.78 is 29.8. The van der Waals surface area contributed by atoms with Crippen molar-refractivity contribution in [2.45, 2.75) is 38.6 Å². The zero-order valence-corrected chi connectivity index (χ0v) is 13.5. The van der Waals surface area contributed by atoms with Crippen molar-refractivity contribution in [3.05, 3.63) is 23.7 Å². The average Bonchev–Trinajstić information content (AvgIpc) is 3.12. The largest absolute Gasteiger partial charge is 0.455 e. The molecule has 2 N–H and O–H groups in total. The molecule has 1 aromatic rings. The van der Waals surface area contributed by atoms with E-state index < -0.39 is 10.0 Å². The van der Waals surface area contributed by atoms with E-state index in [0.717, 1.165) is 12.2 Å². The Hall–Kier alpha value is -1.34. The lowest BCUT2D eigenvalue weighted by atomic mass is 9.65. The third-order valence-electron chi connectivity index (χ3n) is 4.79. The van der Waals surface area contributed by atoms with Crippen molar-refractivity contribution >= 4 is 15.9 Å². The van der Waals surface area contributed by atoms with Crippen LogP contribution in [0.2, 0.25) is 0 Å². The van der Waals surface area contributed by atoms with Crippen molar-refractivity contribution in [3.8, 4) is 0 Å². The lowest BCUT2D eigenvalue weighted by molar-refractivity contribution is 0.0760. The quantitative estimate of drug-likeness (QED) is 0.797. The molecule has 2 aliphatic rings. The third-order valence-corrected chi connectivity index (χ3v) is 5.46. The maximum absolute atomic E-state index is 12.1. The van der Waals surface area contributed by atoms with Gasteiger partial charge in [0.25, 0.3) is 5.91 Å². The Morgan fingerprint density at radius 2 is 2.09 bits per heavy atom. The minimum absolute atomic E-state index is 0.0537. The molecule has 0 aromatic carbocycles. The first-order valence-corrected chi connectivity index (χ1v) is 9.59. The van der Waals surface area contributed by atoms with Gasteiger partial charge in [0.15, 0.2) is 5.76 Å². The van der Waals surface area contributed by atoms with E-state index in [0.29, 0.717) is 17.7 Å². The zero-order chi connectivity index (χ0) is 15.8. The summed E-state index contributed by atoms with van der Waals surface area (Å²) >= 11 is 0. The van der Waals surface area contributed by atoms with Gasteiger partial charge in [0, 0.05) is 6.54 Å². The van der Waals surface area contributed by atoms with Crippen LogP contribution in [0.5, 0.6) is 0 Å². The van der Waals surface area contributed by atoms with Gasteiger partial charge in [-0.25, -0.2) is 13.1 Å². The molecule has 0 spiro atoms. The maximum Gasteiger partial charge on any atom is 0.287 e. The van der Waals surface area contributed by atoms with Crippen LogP contribution in [-0.2, 0) is 16.6 Å². The molecule has 122 valence electrons. The lowest BCUT2D eigenvalue weighted by Crippen LogP contribution is -2.43. The second-order valence-corrected chi connectivity index (χ2v) is 8.37. The predicted molar refractivity (Wildman–Crippen MR) is 81.7 cm³/mol. The van der Waals surface area contributed by atoms with Crippen molar-refractivity contribution in [2.24, 2.45) is 11.3 Å². The van der Waals surface area contributed by atoms with E-state index in [-0.39, 0.29) is 18.2 Å². The molecule has 2 saturated carbocycles. The highest BCUT2D eigenvalue weighted by molar-refractivity contribution is 7.88. The fourth-order valence-electron chi connectivity index (χ4n) is 3.20. The molecule has 2 aliphatic carbocycles. The van der Waals surface area contributed by atoms with Gasteiger partial charge in [0.1, 0.15) is 5.76 Å². The second-order valence-electron chi connectivity index (χ2n) is 6.53. The van der Waals surface area contributed by atoms with E-state index in [1.165, 1.54) is 32.1 Å². The van der Waals surface area contributed by atoms with Crippen LogP contribution in [0.1, 0.15) is 48.4 Å². The molecule has 1 aromatic heterocycles. The highest BCUT2D eigenvalue weighted by Gasteiger charge is 2.48. The second kappa shape index (κ2) is 5.70. The first-order valence-electron chi connectivity index (χ1n) is 7.70. The van der Waals surface area contributed by atoms with Gasteiger partial charge in [0.05, 0.1) is 12.8 Å². The summed E-state index contributed by atoms with van der Waals surface area (Å²) in [6.45, 7) is 0.770. The number of carbonyl (C=O) groups excluding carboxylic acids is 1. The van der Waals surface area contributed by atoms with E-state index in [4.69, 9.17) is 4.42 Å². The number of amides is 1. The van der Waals surface area contributed by atoms with Crippen LogP contribution in [0.25, 0.3) is 0 Å². The van der Waals surface area contributed by atoms with E-state index in [2.05, 4.69) is 10.0 Å². The molecular weight excluding hydrogens is 304 g/mol. The maximum atomic E-state index is 12.1. The SMILES string of the molecule is CS(=O)(=O)NCc1ccc(C(=O)NCC2(C3CC3)CCC2)o1. The Labute approximate surface area is 130 Å². The number of sulfonamides is 1. The van der Waals surface area contributed by atoms with Crippen LogP contribution in [0, 0.1) is 11.3 Å². The van der Waals surface area contributed by atoms with Crippen LogP contribution in [0.15, 0.2) is 16.5 Å². The molecule has 7 heteroatoms. The Balaban J connectivity index is 1.53. The van der Waals surface area contributed by atoms with Crippen LogP contribution >= 0.6 is 0 Å². The summed E-state index contributed by atoms with van der Waals surface area (Å²) in [5, 5.41) is 2.98. The molecule has 22 heavy (non-hydrogen) atoms. The third kappa shape index (κ3) is 3.52. The highest BCUT2D eigenvalue weighted by atomic mass is 32.2. The molecule has 3 rings (SSSR count). The lowest BCUT2D eigenvalue weighted by Gasteiger charge is -2.42. The van der Waals surface area contributed by atoms with Gasteiger partial charge in [-0.3, -0.25) is 4.79 Å². The molecule has 0 atom stereocenters. The van der Waals surface area contributed by atoms with Crippen molar-refractivity contribution in [3.63, 3.8) is 0 Å². The normalized spacial score (nSPS) is 20.4. The predicted octanol–water partition coefficient (Wildman–Crippen LogP) is 1.64. The number of furan rings is 1. The Morgan fingerprint density at radius 1 is 1.36 bits per heavy atom. The summed E-state index contributed by atoms with van der Waals surface area (Å²) in [5.74, 6) is 1.22. The topological polar surface area (TPSA) is 88.4 Å². The summed E-state index contributed by atoms with van der Waals surface area (Å²) in [7, 11) is -3.27. The average molecular weight is 326 g/mol. The van der Waals surface area contributed by atoms with Crippen LogP contribution in [0.4, 0.5) is 0 Å². The van der Waals surface area contributed by atoms with Crippen molar-refractivity contribution in [1.82, 2.24) is 10.0 Å². The van der Waals surface area contributed by atoms with E-state index in [1.54, 1.807) is 12.1 Å². The molecule has 2 fully saturated rings. The van der Waals surface area contributed by atoms with Crippen LogP contribution in [-0.4, -0.2) is 27.1 Å².